The Morgan fingerprint density at radius 1 is 0.840 bits per heavy atom. The molecule has 0 aromatic heterocycles. The maximum atomic E-state index is 14.7. The number of hydrogen-bond donors (Lipinski definition) is 1. The number of anilines is 1. The smallest absolute Gasteiger partial charge is 0.264 e. The van der Waals surface area contributed by atoms with E-state index in [4.69, 9.17) is 25.8 Å². The first-order valence-corrected chi connectivity index (χ1v) is 18.3. The minimum Gasteiger partial charge on any atom is -0.494 e. The number of sulfonamides is 1. The highest BCUT2D eigenvalue weighted by molar-refractivity contribution is 7.92. The van der Waals surface area contributed by atoms with Gasteiger partial charge in [0.25, 0.3) is 10.0 Å². The third kappa shape index (κ3) is 9.92. The molecule has 0 bridgehead atoms. The first-order valence-electron chi connectivity index (χ1n) is 16.4. The molecule has 4 aromatic carbocycles. The molecule has 4 aromatic rings. The summed E-state index contributed by atoms with van der Waals surface area (Å²) in [4.78, 5) is 29.9. The molecule has 0 aliphatic carbocycles. The van der Waals surface area contributed by atoms with Crippen LogP contribution in [-0.2, 0) is 32.6 Å². The van der Waals surface area contributed by atoms with Crippen LogP contribution in [0.15, 0.2) is 102 Å². The van der Waals surface area contributed by atoms with Gasteiger partial charge in [-0.25, -0.2) is 8.42 Å². The molecule has 12 heteroatoms. The molecule has 266 valence electrons. The number of halogens is 1. The van der Waals surface area contributed by atoms with Gasteiger partial charge in [0.15, 0.2) is 11.5 Å². The molecule has 1 unspecified atom stereocenters. The number of amides is 2. The fourth-order valence-corrected chi connectivity index (χ4v) is 6.91. The van der Waals surface area contributed by atoms with E-state index < -0.39 is 28.5 Å². The Morgan fingerprint density at radius 2 is 1.52 bits per heavy atom. The van der Waals surface area contributed by atoms with Crippen molar-refractivity contribution in [2.24, 2.45) is 0 Å². The molecule has 0 aliphatic rings. The lowest BCUT2D eigenvalue weighted by atomic mass is 10.0. The van der Waals surface area contributed by atoms with E-state index in [0.717, 1.165) is 28.3 Å². The van der Waals surface area contributed by atoms with E-state index in [1.165, 1.54) is 37.3 Å². The van der Waals surface area contributed by atoms with E-state index in [9.17, 15) is 18.0 Å². The fourth-order valence-electron chi connectivity index (χ4n) is 5.35. The van der Waals surface area contributed by atoms with Crippen LogP contribution in [-0.4, -0.2) is 65.1 Å². The number of nitrogens with zero attached hydrogens (tertiary/aromatic N) is 2. The van der Waals surface area contributed by atoms with Crippen molar-refractivity contribution in [3.05, 3.63) is 113 Å². The second kappa shape index (κ2) is 18.3. The molecule has 0 fully saturated rings. The van der Waals surface area contributed by atoms with Gasteiger partial charge in [0, 0.05) is 30.6 Å². The topological polar surface area (TPSA) is 114 Å². The zero-order valence-electron chi connectivity index (χ0n) is 28.8. The molecule has 4 rings (SSSR count). The van der Waals surface area contributed by atoms with Crippen LogP contribution in [0.25, 0.3) is 0 Å². The number of benzene rings is 4. The molecule has 2 amide bonds. The Bertz CT molecular complexity index is 1800. The van der Waals surface area contributed by atoms with Gasteiger partial charge in [0.05, 0.1) is 31.4 Å². The molecule has 0 saturated heterocycles. The number of nitrogens with one attached hydrogen (secondary N) is 1. The van der Waals surface area contributed by atoms with Crippen molar-refractivity contribution in [3.8, 4) is 17.2 Å². The van der Waals surface area contributed by atoms with E-state index in [1.807, 2.05) is 44.2 Å². The number of methoxy groups -OCH3 is 2. The highest BCUT2D eigenvalue weighted by atomic mass is 35.5. The summed E-state index contributed by atoms with van der Waals surface area (Å²) in [5.74, 6) is 0.191. The van der Waals surface area contributed by atoms with Crippen molar-refractivity contribution >= 4 is 39.1 Å². The summed E-state index contributed by atoms with van der Waals surface area (Å²) in [7, 11) is -1.51. The van der Waals surface area contributed by atoms with E-state index in [-0.39, 0.29) is 35.2 Å². The average molecular weight is 722 g/mol. The third-order valence-electron chi connectivity index (χ3n) is 8.02. The average Bonchev–Trinajstić information content (AvgIpc) is 3.13. The number of hydrogen-bond acceptors (Lipinski definition) is 7. The van der Waals surface area contributed by atoms with Crippen molar-refractivity contribution in [2.45, 2.75) is 50.6 Å². The summed E-state index contributed by atoms with van der Waals surface area (Å²) < 4.78 is 46.3. The summed E-state index contributed by atoms with van der Waals surface area (Å²) >= 11 is 6.17. The molecule has 0 radical (unpaired) electrons. The molecule has 50 heavy (non-hydrogen) atoms. The van der Waals surface area contributed by atoms with E-state index in [0.29, 0.717) is 29.7 Å². The van der Waals surface area contributed by atoms with Crippen molar-refractivity contribution in [2.75, 3.05) is 38.2 Å². The Kier molecular flexibility index (Phi) is 13.9. The van der Waals surface area contributed by atoms with Crippen LogP contribution in [0, 0.1) is 0 Å². The molecule has 0 heterocycles. The predicted octanol–water partition coefficient (Wildman–Crippen LogP) is 6.51. The summed E-state index contributed by atoms with van der Waals surface area (Å²) in [6.45, 7) is 4.16. The molecular weight excluding hydrogens is 678 g/mol. The number of carbonyl (C=O) groups excluding carboxylic acids is 2. The van der Waals surface area contributed by atoms with Crippen LogP contribution in [0.2, 0.25) is 5.02 Å². The maximum absolute atomic E-state index is 14.7. The largest absolute Gasteiger partial charge is 0.494 e. The number of unbranched alkanes of at least 4 members (excludes halogenated alkanes) is 1. The SMILES string of the molecule is CCCCNC(=O)C(Cc1ccccc1)N(Cc1ccc(Cl)cc1)C(=O)CN(c1ccc(OCC)cc1)S(=O)(=O)c1ccc(OC)c(OC)c1. The van der Waals surface area contributed by atoms with Crippen LogP contribution >= 0.6 is 11.6 Å². The monoisotopic (exact) mass is 721 g/mol. The summed E-state index contributed by atoms with van der Waals surface area (Å²) in [6, 6.07) is 26.1. The zero-order chi connectivity index (χ0) is 36.1. The Hall–Kier alpha value is -4.74. The first-order chi connectivity index (χ1) is 24.1. The van der Waals surface area contributed by atoms with Crippen LogP contribution in [0.1, 0.15) is 37.8 Å². The van der Waals surface area contributed by atoms with Crippen molar-refractivity contribution in [1.29, 1.82) is 0 Å². The minimum absolute atomic E-state index is 0.0300. The standard InChI is InChI=1S/C38H44ClN3O7S/c1-5-7-23-40-38(44)34(24-28-11-9-8-10-12-28)41(26-29-13-15-30(39)16-14-29)37(43)27-42(31-17-19-32(20-18-31)49-6-2)50(45,46)33-21-22-35(47-3)36(25-33)48-4/h8-22,25,34H,5-7,23-24,26-27H2,1-4H3,(H,40,44). The fraction of sp³-hybridized carbons (Fsp3) is 0.316. The van der Waals surface area contributed by atoms with Gasteiger partial charge in [-0.2, -0.15) is 0 Å². The summed E-state index contributed by atoms with van der Waals surface area (Å²) in [6.07, 6.45) is 1.86. The number of carbonyl (C=O) groups is 2. The van der Waals surface area contributed by atoms with Crippen molar-refractivity contribution in [3.63, 3.8) is 0 Å². The van der Waals surface area contributed by atoms with Gasteiger partial charge in [0.1, 0.15) is 18.3 Å². The molecule has 0 saturated carbocycles. The second-order valence-corrected chi connectivity index (χ2v) is 13.8. The highest BCUT2D eigenvalue weighted by Gasteiger charge is 2.35. The molecular formula is C38H44ClN3O7S. The van der Waals surface area contributed by atoms with Gasteiger partial charge in [-0.3, -0.25) is 13.9 Å². The lowest BCUT2D eigenvalue weighted by Gasteiger charge is -2.34. The first kappa shape index (κ1) is 38.1. The van der Waals surface area contributed by atoms with Gasteiger partial charge in [-0.05, 0) is 73.0 Å². The lowest BCUT2D eigenvalue weighted by Crippen LogP contribution is -2.53. The molecule has 10 nitrogen and oxygen atoms in total. The summed E-state index contributed by atoms with van der Waals surface area (Å²) in [5.41, 5.74) is 1.80. The number of ether oxygens (including phenoxy) is 3. The Morgan fingerprint density at radius 3 is 2.14 bits per heavy atom. The quantitative estimate of drug-likeness (QED) is 0.117. The van der Waals surface area contributed by atoms with Crippen LogP contribution in [0.3, 0.4) is 0 Å². The predicted molar refractivity (Wildman–Crippen MR) is 196 cm³/mol. The molecule has 0 spiro atoms. The number of rotatable bonds is 18. The minimum atomic E-state index is -4.37. The van der Waals surface area contributed by atoms with Crippen LogP contribution in [0.4, 0.5) is 5.69 Å². The second-order valence-electron chi connectivity index (χ2n) is 11.5. The van der Waals surface area contributed by atoms with Crippen LogP contribution < -0.4 is 23.8 Å². The lowest BCUT2D eigenvalue weighted by molar-refractivity contribution is -0.140. The van der Waals surface area contributed by atoms with Gasteiger partial charge in [-0.1, -0.05) is 67.4 Å². The van der Waals surface area contributed by atoms with E-state index in [2.05, 4.69) is 5.32 Å². The van der Waals surface area contributed by atoms with Gasteiger partial charge in [0.2, 0.25) is 11.8 Å². The summed E-state index contributed by atoms with van der Waals surface area (Å²) in [5, 5.41) is 3.51. The highest BCUT2D eigenvalue weighted by Crippen LogP contribution is 2.33. The van der Waals surface area contributed by atoms with E-state index in [1.54, 1.807) is 48.5 Å². The van der Waals surface area contributed by atoms with E-state index >= 15 is 0 Å². The van der Waals surface area contributed by atoms with Crippen LogP contribution in [0.5, 0.6) is 17.2 Å². The molecule has 1 atom stereocenters. The Labute approximate surface area is 300 Å². The van der Waals surface area contributed by atoms with Gasteiger partial charge in [-0.15, -0.1) is 0 Å². The normalized spacial score (nSPS) is 11.7. The Balaban J connectivity index is 1.82. The zero-order valence-corrected chi connectivity index (χ0v) is 30.4. The molecule has 1 N–H and O–H groups in total. The van der Waals surface area contributed by atoms with Crippen molar-refractivity contribution < 1.29 is 32.2 Å². The molecule has 0 aliphatic heterocycles. The third-order valence-corrected chi connectivity index (χ3v) is 10.0. The van der Waals surface area contributed by atoms with Gasteiger partial charge < -0.3 is 24.4 Å². The van der Waals surface area contributed by atoms with Gasteiger partial charge >= 0.3 is 0 Å². The van der Waals surface area contributed by atoms with Crippen molar-refractivity contribution in [1.82, 2.24) is 10.2 Å². The maximum Gasteiger partial charge on any atom is 0.264 e.